The van der Waals surface area contributed by atoms with Crippen LogP contribution in [0.2, 0.25) is 0 Å². The van der Waals surface area contributed by atoms with E-state index >= 15 is 0 Å². The first-order chi connectivity index (χ1) is 6.25. The van der Waals surface area contributed by atoms with E-state index in [2.05, 4.69) is 4.98 Å². The molecule has 0 bridgehead atoms. The molecule has 0 aliphatic rings. The van der Waals surface area contributed by atoms with Crippen LogP contribution in [-0.4, -0.2) is 9.55 Å². The van der Waals surface area contributed by atoms with Gasteiger partial charge in [-0.1, -0.05) is 0 Å². The van der Waals surface area contributed by atoms with Gasteiger partial charge >= 0.3 is 0 Å². The van der Waals surface area contributed by atoms with Crippen LogP contribution >= 0.6 is 0 Å². The zero-order chi connectivity index (χ0) is 9.26. The van der Waals surface area contributed by atoms with Gasteiger partial charge in [-0.15, -0.1) is 0 Å². The molecule has 1 heterocycles. The fourth-order valence-corrected chi connectivity index (χ4v) is 1.05. The van der Waals surface area contributed by atoms with Crippen molar-refractivity contribution in [2.45, 2.75) is 0 Å². The van der Waals surface area contributed by atoms with Gasteiger partial charge in [0.05, 0.1) is 6.20 Å². The smallest absolute Gasteiger partial charge is 0.231 e. The van der Waals surface area contributed by atoms with Crippen LogP contribution in [0.1, 0.15) is 0 Å². The molecule has 0 radical (unpaired) electrons. The first kappa shape index (κ1) is 7.91. The molecule has 0 amide bonds. The fraction of sp³-hybridized carbons (Fsp3) is 0. The van der Waals surface area contributed by atoms with Gasteiger partial charge in [-0.25, -0.2) is 9.37 Å². The first-order valence-corrected chi connectivity index (χ1v) is 3.71. The van der Waals surface area contributed by atoms with E-state index in [9.17, 15) is 8.78 Å². The molecule has 2 nitrogen and oxygen atoms in total. The number of nitrogens with zero attached hydrogens (tertiary/aromatic N) is 2. The lowest BCUT2D eigenvalue weighted by Gasteiger charge is -1.99. The lowest BCUT2D eigenvalue weighted by Crippen LogP contribution is -1.89. The molecule has 0 saturated heterocycles. The molecule has 66 valence electrons. The molecule has 4 heteroatoms. The molecule has 2 rings (SSSR count). The van der Waals surface area contributed by atoms with Crippen LogP contribution in [0.3, 0.4) is 0 Å². The zero-order valence-electron chi connectivity index (χ0n) is 6.61. The number of imidazole rings is 1. The van der Waals surface area contributed by atoms with E-state index in [4.69, 9.17) is 0 Å². The molecule has 0 spiro atoms. The highest BCUT2D eigenvalue weighted by molar-refractivity contribution is 5.31. The summed E-state index contributed by atoms with van der Waals surface area (Å²) >= 11 is 0. The largest absolute Gasteiger partial charge is 0.303 e. The van der Waals surface area contributed by atoms with Gasteiger partial charge in [-0.2, -0.15) is 4.39 Å². The summed E-state index contributed by atoms with van der Waals surface area (Å²) in [6.45, 7) is 0. The quantitative estimate of drug-likeness (QED) is 0.657. The third kappa shape index (κ3) is 1.56. The molecule has 1 aromatic heterocycles. The Labute approximate surface area is 73.5 Å². The van der Waals surface area contributed by atoms with Crippen molar-refractivity contribution < 1.29 is 8.78 Å². The van der Waals surface area contributed by atoms with E-state index in [1.807, 2.05) is 0 Å². The summed E-state index contributed by atoms with van der Waals surface area (Å²) < 4.78 is 26.5. The van der Waals surface area contributed by atoms with Crippen LogP contribution < -0.4 is 0 Å². The minimum absolute atomic E-state index is 0.315. The minimum Gasteiger partial charge on any atom is -0.303 e. The van der Waals surface area contributed by atoms with Crippen molar-refractivity contribution in [3.05, 3.63) is 48.6 Å². The van der Waals surface area contributed by atoms with Crippen LogP contribution in [0.25, 0.3) is 5.69 Å². The first-order valence-electron chi connectivity index (χ1n) is 3.71. The van der Waals surface area contributed by atoms with Crippen LogP contribution in [0, 0.1) is 11.8 Å². The molecule has 0 N–H and O–H groups in total. The highest BCUT2D eigenvalue weighted by Crippen LogP contribution is 2.08. The zero-order valence-corrected chi connectivity index (χ0v) is 6.61. The number of aromatic nitrogens is 2. The SMILES string of the molecule is Fc1ccc(-n2cnc(F)c2)cc1. The summed E-state index contributed by atoms with van der Waals surface area (Å²) in [7, 11) is 0. The van der Waals surface area contributed by atoms with E-state index in [1.54, 1.807) is 12.1 Å². The van der Waals surface area contributed by atoms with E-state index in [1.165, 1.54) is 29.2 Å². The maximum absolute atomic E-state index is 12.5. The van der Waals surface area contributed by atoms with Crippen molar-refractivity contribution >= 4 is 0 Å². The molecule has 13 heavy (non-hydrogen) atoms. The predicted molar refractivity (Wildman–Crippen MR) is 43.5 cm³/mol. The van der Waals surface area contributed by atoms with Crippen molar-refractivity contribution in [2.24, 2.45) is 0 Å². The number of hydrogen-bond donors (Lipinski definition) is 0. The average molecular weight is 180 g/mol. The second-order valence-corrected chi connectivity index (χ2v) is 2.58. The van der Waals surface area contributed by atoms with Gasteiger partial charge in [0.1, 0.15) is 12.1 Å². The Kier molecular flexibility index (Phi) is 1.81. The normalized spacial score (nSPS) is 10.3. The highest BCUT2D eigenvalue weighted by Gasteiger charge is 1.98. The lowest BCUT2D eigenvalue weighted by atomic mass is 10.3. The Bertz CT molecular complexity index is 406. The number of halogens is 2. The lowest BCUT2D eigenvalue weighted by molar-refractivity contribution is 0.590. The van der Waals surface area contributed by atoms with Crippen molar-refractivity contribution in [1.29, 1.82) is 0 Å². The maximum atomic E-state index is 12.5. The Morgan fingerprint density at radius 1 is 1.08 bits per heavy atom. The Morgan fingerprint density at radius 3 is 2.31 bits per heavy atom. The molecular weight excluding hydrogens is 174 g/mol. The monoisotopic (exact) mass is 180 g/mol. The van der Waals surface area contributed by atoms with Gasteiger partial charge in [0.25, 0.3) is 0 Å². The maximum Gasteiger partial charge on any atom is 0.231 e. The molecule has 0 unspecified atom stereocenters. The van der Waals surface area contributed by atoms with E-state index in [0.717, 1.165) is 0 Å². The van der Waals surface area contributed by atoms with Crippen molar-refractivity contribution in [2.75, 3.05) is 0 Å². The Hall–Kier alpha value is -1.71. The topological polar surface area (TPSA) is 17.8 Å². The molecule has 0 atom stereocenters. The summed E-state index contributed by atoms with van der Waals surface area (Å²) in [4.78, 5) is 3.42. The van der Waals surface area contributed by atoms with E-state index < -0.39 is 5.95 Å². The fourth-order valence-electron chi connectivity index (χ4n) is 1.05. The minimum atomic E-state index is -0.552. The van der Waals surface area contributed by atoms with Crippen LogP contribution in [-0.2, 0) is 0 Å². The number of benzene rings is 1. The van der Waals surface area contributed by atoms with Gasteiger partial charge < -0.3 is 4.57 Å². The van der Waals surface area contributed by atoms with Crippen molar-refractivity contribution in [3.8, 4) is 5.69 Å². The van der Waals surface area contributed by atoms with E-state index in [-0.39, 0.29) is 5.82 Å². The third-order valence-electron chi connectivity index (χ3n) is 1.68. The molecule has 2 aromatic rings. The van der Waals surface area contributed by atoms with Crippen molar-refractivity contribution in [1.82, 2.24) is 9.55 Å². The van der Waals surface area contributed by atoms with Crippen LogP contribution in [0.4, 0.5) is 8.78 Å². The molecule has 0 aliphatic carbocycles. The summed E-state index contributed by atoms with van der Waals surface area (Å²) in [5.74, 6) is -0.867. The summed E-state index contributed by atoms with van der Waals surface area (Å²) in [6.07, 6.45) is 2.57. The van der Waals surface area contributed by atoms with Gasteiger partial charge in [0.2, 0.25) is 5.95 Å². The molecule has 0 aliphatic heterocycles. The third-order valence-corrected chi connectivity index (χ3v) is 1.68. The summed E-state index contributed by atoms with van der Waals surface area (Å²) in [5, 5.41) is 0. The molecular formula is C9H6F2N2. The standard InChI is InChI=1S/C9H6F2N2/c10-7-1-3-8(4-2-7)13-5-9(11)12-6-13/h1-6H. The van der Waals surface area contributed by atoms with Gasteiger partial charge in [0.15, 0.2) is 0 Å². The summed E-state index contributed by atoms with van der Waals surface area (Å²) in [6, 6.07) is 5.73. The average Bonchev–Trinajstić information content (AvgIpc) is 2.53. The Balaban J connectivity index is 2.41. The summed E-state index contributed by atoms with van der Waals surface area (Å²) in [5.41, 5.74) is 0.679. The van der Waals surface area contributed by atoms with Crippen molar-refractivity contribution in [3.63, 3.8) is 0 Å². The molecule has 1 aromatic carbocycles. The van der Waals surface area contributed by atoms with Gasteiger partial charge in [-0.05, 0) is 24.3 Å². The molecule has 0 saturated carbocycles. The van der Waals surface area contributed by atoms with Gasteiger partial charge in [0, 0.05) is 5.69 Å². The van der Waals surface area contributed by atoms with E-state index in [0.29, 0.717) is 5.69 Å². The molecule has 0 fully saturated rings. The number of hydrogen-bond acceptors (Lipinski definition) is 1. The Morgan fingerprint density at radius 2 is 1.77 bits per heavy atom. The highest BCUT2D eigenvalue weighted by atomic mass is 19.1. The van der Waals surface area contributed by atoms with Gasteiger partial charge in [-0.3, -0.25) is 0 Å². The predicted octanol–water partition coefficient (Wildman–Crippen LogP) is 2.15. The van der Waals surface area contributed by atoms with Crippen LogP contribution in [0.15, 0.2) is 36.8 Å². The second kappa shape index (κ2) is 2.97. The van der Waals surface area contributed by atoms with Crippen LogP contribution in [0.5, 0.6) is 0 Å². The number of rotatable bonds is 1. The second-order valence-electron chi connectivity index (χ2n) is 2.58.